The van der Waals surface area contributed by atoms with E-state index in [1.807, 2.05) is 0 Å². The van der Waals surface area contributed by atoms with Crippen molar-refractivity contribution >= 4 is 23.5 Å². The number of thioether (sulfide) groups is 2. The van der Waals surface area contributed by atoms with Gasteiger partial charge in [0.05, 0.1) is 0 Å². The lowest BCUT2D eigenvalue weighted by Gasteiger charge is -2.27. The van der Waals surface area contributed by atoms with Crippen LogP contribution in [0.15, 0.2) is 0 Å². The summed E-state index contributed by atoms with van der Waals surface area (Å²) in [5, 5.41) is 0. The fourth-order valence-corrected chi connectivity index (χ4v) is 4.96. The molecule has 2 saturated heterocycles. The molecule has 0 aromatic carbocycles. The van der Waals surface area contributed by atoms with E-state index in [0.717, 1.165) is 12.1 Å². The van der Waals surface area contributed by atoms with Crippen LogP contribution in [0.1, 0.15) is 6.42 Å². The van der Waals surface area contributed by atoms with Gasteiger partial charge in [0.25, 0.3) is 0 Å². The van der Waals surface area contributed by atoms with Crippen molar-refractivity contribution in [3.05, 3.63) is 0 Å². The molecule has 2 fully saturated rings. The number of rotatable bonds is 2. The molecular formula is C11H22N2S2. The molecule has 15 heavy (non-hydrogen) atoms. The summed E-state index contributed by atoms with van der Waals surface area (Å²) in [4.78, 5) is 5.10. The zero-order valence-corrected chi connectivity index (χ0v) is 11.4. The Hall–Kier alpha value is 0.620. The predicted octanol–water partition coefficient (Wildman–Crippen LogP) is 1.47. The van der Waals surface area contributed by atoms with Crippen LogP contribution in [0.2, 0.25) is 0 Å². The highest BCUT2D eigenvalue weighted by Crippen LogP contribution is 2.24. The summed E-state index contributed by atoms with van der Waals surface area (Å²) in [5.74, 6) is 5.42. The van der Waals surface area contributed by atoms with Gasteiger partial charge in [0.15, 0.2) is 0 Å². The third kappa shape index (κ3) is 3.29. The van der Waals surface area contributed by atoms with Gasteiger partial charge in [-0.15, -0.1) is 0 Å². The molecule has 4 heteroatoms. The van der Waals surface area contributed by atoms with Crippen molar-refractivity contribution in [2.24, 2.45) is 0 Å². The molecule has 2 aliphatic heterocycles. The summed E-state index contributed by atoms with van der Waals surface area (Å²) in [5.41, 5.74) is 0. The zero-order chi connectivity index (χ0) is 10.7. The Morgan fingerprint density at radius 3 is 2.33 bits per heavy atom. The van der Waals surface area contributed by atoms with E-state index in [0.29, 0.717) is 0 Å². The second-order valence-corrected chi connectivity index (χ2v) is 7.00. The normalized spacial score (nSPS) is 31.0. The maximum atomic E-state index is 2.72. The van der Waals surface area contributed by atoms with E-state index in [-0.39, 0.29) is 0 Å². The van der Waals surface area contributed by atoms with Crippen LogP contribution in [0.4, 0.5) is 0 Å². The number of nitrogens with zero attached hydrogens (tertiary/aromatic N) is 2. The quantitative estimate of drug-likeness (QED) is 0.728. The molecule has 0 amide bonds. The minimum Gasteiger partial charge on any atom is -0.305 e. The summed E-state index contributed by atoms with van der Waals surface area (Å²) < 4.78 is 0. The molecule has 0 radical (unpaired) electrons. The van der Waals surface area contributed by atoms with Crippen LogP contribution in [0.5, 0.6) is 0 Å². The maximum Gasteiger partial charge on any atom is 0.0277 e. The Morgan fingerprint density at radius 2 is 1.80 bits per heavy atom. The third-order valence-electron chi connectivity index (χ3n) is 3.43. The van der Waals surface area contributed by atoms with Gasteiger partial charge in [0.2, 0.25) is 0 Å². The Morgan fingerprint density at radius 1 is 1.13 bits per heavy atom. The van der Waals surface area contributed by atoms with Gasteiger partial charge in [0.1, 0.15) is 0 Å². The lowest BCUT2D eigenvalue weighted by molar-refractivity contribution is 0.242. The average Bonchev–Trinajstić information content (AvgIpc) is 2.55. The fraction of sp³-hybridized carbons (Fsp3) is 1.00. The molecular weight excluding hydrogens is 224 g/mol. The first kappa shape index (κ1) is 12.1. The van der Waals surface area contributed by atoms with Gasteiger partial charge in [-0.3, -0.25) is 4.90 Å². The van der Waals surface area contributed by atoms with Crippen LogP contribution in [-0.2, 0) is 0 Å². The van der Waals surface area contributed by atoms with Gasteiger partial charge in [0, 0.05) is 48.2 Å². The van der Waals surface area contributed by atoms with Crippen LogP contribution in [0, 0.1) is 0 Å². The van der Waals surface area contributed by atoms with Gasteiger partial charge >= 0.3 is 0 Å². The van der Waals surface area contributed by atoms with Crippen molar-refractivity contribution in [2.45, 2.75) is 18.5 Å². The van der Waals surface area contributed by atoms with E-state index in [9.17, 15) is 0 Å². The fourth-order valence-electron chi connectivity index (χ4n) is 2.34. The molecule has 88 valence electrons. The standard InChI is InChI=1S/C11H22N2S2/c1-12(2)10-3-4-13(7-10)11-8-14-5-6-15-9-11/h10-11H,3-9H2,1-2H3. The summed E-state index contributed by atoms with van der Waals surface area (Å²) in [7, 11) is 4.43. The highest BCUT2D eigenvalue weighted by molar-refractivity contribution is 8.03. The largest absolute Gasteiger partial charge is 0.305 e. The lowest BCUT2D eigenvalue weighted by atomic mass is 10.2. The molecule has 0 saturated carbocycles. The number of likely N-dealkylation sites (tertiary alicyclic amines) is 1. The first-order valence-corrected chi connectivity index (χ1v) is 8.14. The molecule has 2 rings (SSSR count). The van der Waals surface area contributed by atoms with Gasteiger partial charge < -0.3 is 4.90 Å². The Kier molecular flexibility index (Phi) is 4.68. The van der Waals surface area contributed by atoms with Crippen molar-refractivity contribution in [1.82, 2.24) is 9.80 Å². The smallest absolute Gasteiger partial charge is 0.0277 e. The van der Waals surface area contributed by atoms with Crippen LogP contribution >= 0.6 is 23.5 Å². The van der Waals surface area contributed by atoms with Gasteiger partial charge in [-0.1, -0.05) is 0 Å². The SMILES string of the molecule is CN(C)C1CCN(C2CSCCSC2)C1. The molecule has 0 aromatic rings. The number of hydrogen-bond donors (Lipinski definition) is 0. The maximum absolute atomic E-state index is 2.72. The van der Waals surface area contributed by atoms with Gasteiger partial charge in [-0.25, -0.2) is 0 Å². The first-order valence-electron chi connectivity index (χ1n) is 5.83. The van der Waals surface area contributed by atoms with Crippen LogP contribution in [-0.4, -0.2) is 72.1 Å². The van der Waals surface area contributed by atoms with E-state index in [2.05, 4.69) is 47.4 Å². The van der Waals surface area contributed by atoms with Crippen molar-refractivity contribution < 1.29 is 0 Å². The second-order valence-electron chi connectivity index (χ2n) is 4.70. The van der Waals surface area contributed by atoms with Crippen molar-refractivity contribution in [3.63, 3.8) is 0 Å². The van der Waals surface area contributed by atoms with Crippen molar-refractivity contribution in [2.75, 3.05) is 50.2 Å². The van der Waals surface area contributed by atoms with Crippen LogP contribution < -0.4 is 0 Å². The molecule has 2 heterocycles. The molecule has 2 aliphatic rings. The molecule has 2 nitrogen and oxygen atoms in total. The number of likely N-dealkylation sites (N-methyl/N-ethyl adjacent to an activating group) is 1. The third-order valence-corrected chi connectivity index (χ3v) is 5.92. The van der Waals surface area contributed by atoms with Gasteiger partial charge in [-0.2, -0.15) is 23.5 Å². The zero-order valence-electron chi connectivity index (χ0n) is 9.82. The first-order chi connectivity index (χ1) is 7.27. The molecule has 0 spiro atoms. The minimum atomic E-state index is 0.795. The average molecular weight is 246 g/mol. The van der Waals surface area contributed by atoms with Gasteiger partial charge in [-0.05, 0) is 20.5 Å². The minimum absolute atomic E-state index is 0.795. The summed E-state index contributed by atoms with van der Waals surface area (Å²) >= 11 is 4.29. The van der Waals surface area contributed by atoms with Crippen LogP contribution in [0.3, 0.4) is 0 Å². The topological polar surface area (TPSA) is 6.48 Å². The molecule has 0 bridgehead atoms. The highest BCUT2D eigenvalue weighted by Gasteiger charge is 2.29. The molecule has 0 aliphatic carbocycles. The predicted molar refractivity (Wildman–Crippen MR) is 72.1 cm³/mol. The van der Waals surface area contributed by atoms with E-state index >= 15 is 0 Å². The monoisotopic (exact) mass is 246 g/mol. The van der Waals surface area contributed by atoms with E-state index in [1.165, 1.54) is 42.5 Å². The van der Waals surface area contributed by atoms with E-state index in [1.54, 1.807) is 0 Å². The summed E-state index contributed by atoms with van der Waals surface area (Å²) in [6, 6.07) is 1.63. The lowest BCUT2D eigenvalue weighted by Crippen LogP contribution is -2.39. The molecule has 0 aromatic heterocycles. The van der Waals surface area contributed by atoms with Crippen LogP contribution in [0.25, 0.3) is 0 Å². The Balaban J connectivity index is 1.83. The van der Waals surface area contributed by atoms with E-state index < -0.39 is 0 Å². The molecule has 1 unspecified atom stereocenters. The molecule has 0 N–H and O–H groups in total. The Labute approximate surface area is 102 Å². The van der Waals surface area contributed by atoms with E-state index in [4.69, 9.17) is 0 Å². The second kappa shape index (κ2) is 5.80. The molecule has 1 atom stereocenters. The van der Waals surface area contributed by atoms with Crippen molar-refractivity contribution in [3.8, 4) is 0 Å². The summed E-state index contributed by atoms with van der Waals surface area (Å²) in [6.45, 7) is 2.60. The summed E-state index contributed by atoms with van der Waals surface area (Å²) in [6.07, 6.45) is 1.36. The number of hydrogen-bond acceptors (Lipinski definition) is 4. The van der Waals surface area contributed by atoms with Crippen molar-refractivity contribution in [1.29, 1.82) is 0 Å². The Bertz CT molecular complexity index is 191. The highest BCUT2D eigenvalue weighted by atomic mass is 32.2.